The molecule has 13 heteroatoms. The smallest absolute Gasteiger partial charge is 0.246 e. The summed E-state index contributed by atoms with van der Waals surface area (Å²) < 4.78 is 14.0. The van der Waals surface area contributed by atoms with Gasteiger partial charge in [-0.3, -0.25) is 4.79 Å². The van der Waals surface area contributed by atoms with Gasteiger partial charge in [-0.15, -0.1) is 0 Å². The summed E-state index contributed by atoms with van der Waals surface area (Å²) in [6.45, 7) is 4.98. The van der Waals surface area contributed by atoms with E-state index >= 15 is 0 Å². The van der Waals surface area contributed by atoms with Crippen molar-refractivity contribution in [1.29, 1.82) is 0 Å². The molecule has 44 heavy (non-hydrogen) atoms. The molecule has 1 N–H and O–H groups in total. The highest BCUT2D eigenvalue weighted by molar-refractivity contribution is 5.90. The van der Waals surface area contributed by atoms with E-state index in [1.165, 1.54) is 12.7 Å². The number of carbonyl (C=O) groups excluding carboxylic acids is 1. The normalized spacial score (nSPS) is 16.3. The SMILES string of the molecule is Cc1cc(Nc2ncnc3cc4c(nc23)N2CCN(C(=O)/C=C/CN(C)C)[C@H](CO4)C2)ccc1Oc1ccn2ncnc2c1. The monoisotopic (exact) mass is 592 g/mol. The fraction of sp³-hybridized carbons (Fsp3) is 0.290. The van der Waals surface area contributed by atoms with Crippen molar-refractivity contribution in [3.05, 3.63) is 73.0 Å². The fourth-order valence-corrected chi connectivity index (χ4v) is 5.47. The quantitative estimate of drug-likeness (QED) is 0.279. The summed E-state index contributed by atoms with van der Waals surface area (Å²) in [5.41, 5.74) is 3.80. The molecule has 2 aliphatic heterocycles. The van der Waals surface area contributed by atoms with Crippen LogP contribution in [0, 0.1) is 6.92 Å². The number of carbonyl (C=O) groups is 1. The van der Waals surface area contributed by atoms with E-state index in [4.69, 9.17) is 14.5 Å². The molecule has 0 unspecified atom stereocenters. The summed E-state index contributed by atoms with van der Waals surface area (Å²) in [6, 6.07) is 11.4. The second kappa shape index (κ2) is 11.4. The Morgan fingerprint density at radius 2 is 2.05 bits per heavy atom. The molecule has 2 bridgehead atoms. The minimum Gasteiger partial charge on any atom is -0.487 e. The molecule has 6 heterocycles. The van der Waals surface area contributed by atoms with Crippen LogP contribution in [0.25, 0.3) is 16.7 Å². The van der Waals surface area contributed by atoms with Crippen LogP contribution in [-0.2, 0) is 4.79 Å². The van der Waals surface area contributed by atoms with E-state index in [0.29, 0.717) is 66.8 Å². The number of amides is 1. The molecule has 7 rings (SSSR count). The van der Waals surface area contributed by atoms with Gasteiger partial charge in [-0.25, -0.2) is 24.5 Å². The largest absolute Gasteiger partial charge is 0.487 e. The van der Waals surface area contributed by atoms with E-state index in [2.05, 4.69) is 30.3 Å². The lowest BCUT2D eigenvalue weighted by atomic mass is 10.1. The lowest BCUT2D eigenvalue weighted by molar-refractivity contribution is -0.129. The first-order valence-corrected chi connectivity index (χ1v) is 14.4. The third-order valence-electron chi connectivity index (χ3n) is 7.70. The fourth-order valence-electron chi connectivity index (χ4n) is 5.47. The Kier molecular flexibility index (Phi) is 7.14. The van der Waals surface area contributed by atoms with Crippen LogP contribution in [0.4, 0.5) is 17.3 Å². The van der Waals surface area contributed by atoms with Crippen molar-refractivity contribution in [3.63, 3.8) is 0 Å². The summed E-state index contributed by atoms with van der Waals surface area (Å²) in [5, 5.41) is 7.54. The number of ether oxygens (including phenoxy) is 2. The molecule has 0 saturated carbocycles. The second-order valence-electron chi connectivity index (χ2n) is 11.1. The van der Waals surface area contributed by atoms with E-state index in [0.717, 1.165) is 22.8 Å². The average molecular weight is 593 g/mol. The van der Waals surface area contributed by atoms with Gasteiger partial charge < -0.3 is 29.5 Å². The molecule has 13 nitrogen and oxygen atoms in total. The number of benzene rings is 1. The predicted molar refractivity (Wildman–Crippen MR) is 166 cm³/mol. The van der Waals surface area contributed by atoms with Crippen molar-refractivity contribution in [3.8, 4) is 17.2 Å². The van der Waals surface area contributed by atoms with Gasteiger partial charge >= 0.3 is 0 Å². The number of anilines is 3. The minimum atomic E-state index is -0.0803. The lowest BCUT2D eigenvalue weighted by Gasteiger charge is -2.39. The van der Waals surface area contributed by atoms with Crippen LogP contribution < -0.4 is 19.7 Å². The summed E-state index contributed by atoms with van der Waals surface area (Å²) >= 11 is 0. The number of piperazine rings is 1. The second-order valence-corrected chi connectivity index (χ2v) is 11.1. The molecule has 0 radical (unpaired) electrons. The maximum Gasteiger partial charge on any atom is 0.246 e. The molecule has 1 aromatic carbocycles. The Balaban J connectivity index is 1.10. The highest BCUT2D eigenvalue weighted by Crippen LogP contribution is 2.36. The molecule has 0 spiro atoms. The van der Waals surface area contributed by atoms with Gasteiger partial charge in [-0.2, -0.15) is 5.10 Å². The Hall–Kier alpha value is -5.30. The van der Waals surface area contributed by atoms with Gasteiger partial charge in [0.15, 0.2) is 23.0 Å². The number of rotatable bonds is 7. The lowest BCUT2D eigenvalue weighted by Crippen LogP contribution is -2.56. The zero-order valence-electron chi connectivity index (χ0n) is 24.7. The summed E-state index contributed by atoms with van der Waals surface area (Å²) in [4.78, 5) is 37.2. The molecule has 0 aliphatic carbocycles. The number of aryl methyl sites for hydroxylation is 1. The molecule has 224 valence electrons. The van der Waals surface area contributed by atoms with E-state index < -0.39 is 0 Å². The number of nitrogens with one attached hydrogen (secondary N) is 1. The highest BCUT2D eigenvalue weighted by Gasteiger charge is 2.35. The Morgan fingerprint density at radius 1 is 1.14 bits per heavy atom. The van der Waals surface area contributed by atoms with Crippen molar-refractivity contribution in [2.24, 2.45) is 0 Å². The van der Waals surface area contributed by atoms with Gasteiger partial charge in [0.1, 0.15) is 36.3 Å². The molecule has 1 fully saturated rings. The van der Waals surface area contributed by atoms with E-state index in [1.54, 1.807) is 10.6 Å². The van der Waals surface area contributed by atoms with Crippen molar-refractivity contribution in [2.75, 3.05) is 57.1 Å². The zero-order valence-corrected chi connectivity index (χ0v) is 24.7. The maximum absolute atomic E-state index is 12.9. The Bertz CT molecular complexity index is 1890. The number of hydrogen-bond donors (Lipinski definition) is 1. The van der Waals surface area contributed by atoms with Gasteiger partial charge in [0.2, 0.25) is 5.91 Å². The molecule has 1 amide bonds. The van der Waals surface area contributed by atoms with Crippen LogP contribution >= 0.6 is 0 Å². The van der Waals surface area contributed by atoms with Crippen molar-refractivity contribution < 1.29 is 14.3 Å². The summed E-state index contributed by atoms with van der Waals surface area (Å²) in [7, 11) is 3.95. The van der Waals surface area contributed by atoms with Crippen LogP contribution in [0.3, 0.4) is 0 Å². The van der Waals surface area contributed by atoms with Crippen molar-refractivity contribution >= 4 is 39.9 Å². The van der Waals surface area contributed by atoms with Crippen LogP contribution in [0.15, 0.2) is 67.4 Å². The number of nitrogens with zero attached hydrogens (tertiary/aromatic N) is 9. The molecule has 1 saturated heterocycles. The third kappa shape index (κ3) is 5.44. The topological polar surface area (TPSA) is 126 Å². The standard InChI is InChI=1S/C31H32N10O3/c1-20-13-21(6-7-25(20)44-23-8-10-41-27(14-23)33-19-35-41)36-30-29-24(32-18-34-30)15-26-31(37-29)39-11-12-40(22(16-39)17-43-26)28(42)5-4-9-38(2)3/h4-8,10,13-15,18-19,22H,9,11-12,16-17H2,1-3H3,(H,32,34,36)/b5-4+/t22-/m0/s1. The highest BCUT2D eigenvalue weighted by atomic mass is 16.5. The average Bonchev–Trinajstić information content (AvgIpc) is 3.44. The zero-order chi connectivity index (χ0) is 30.2. The van der Waals surface area contributed by atoms with E-state index in [1.807, 2.05) is 79.5 Å². The van der Waals surface area contributed by atoms with Crippen molar-refractivity contribution in [1.82, 2.24) is 39.3 Å². The first kappa shape index (κ1) is 27.5. The van der Waals surface area contributed by atoms with Crippen LogP contribution in [0.1, 0.15) is 5.56 Å². The summed E-state index contributed by atoms with van der Waals surface area (Å²) in [5.74, 6) is 3.39. The van der Waals surface area contributed by atoms with Crippen molar-refractivity contribution in [2.45, 2.75) is 13.0 Å². The van der Waals surface area contributed by atoms with Crippen LogP contribution in [-0.4, -0.2) is 98.2 Å². The van der Waals surface area contributed by atoms with Gasteiger partial charge in [0.25, 0.3) is 0 Å². The number of aromatic nitrogens is 6. The van der Waals surface area contributed by atoms with Crippen LogP contribution in [0.2, 0.25) is 0 Å². The van der Waals surface area contributed by atoms with E-state index in [-0.39, 0.29) is 11.9 Å². The predicted octanol–water partition coefficient (Wildman–Crippen LogP) is 3.44. The third-order valence-corrected chi connectivity index (χ3v) is 7.70. The molecular formula is C31H32N10O3. The van der Waals surface area contributed by atoms with Crippen LogP contribution in [0.5, 0.6) is 17.2 Å². The Labute approximate surface area is 253 Å². The molecule has 4 aromatic heterocycles. The molecule has 5 aromatic rings. The first-order valence-electron chi connectivity index (χ1n) is 14.4. The minimum absolute atomic E-state index is 0.00429. The number of likely N-dealkylation sites (N-methyl/N-ethyl adjacent to an activating group) is 1. The number of pyridine rings is 2. The number of fused-ring (bicyclic) bond motifs is 6. The molecule has 1 atom stereocenters. The summed E-state index contributed by atoms with van der Waals surface area (Å²) in [6.07, 6.45) is 8.38. The van der Waals surface area contributed by atoms with Gasteiger partial charge in [-0.05, 0) is 50.8 Å². The van der Waals surface area contributed by atoms with Gasteiger partial charge in [0, 0.05) is 56.3 Å². The number of hydrogen-bond acceptors (Lipinski definition) is 11. The maximum atomic E-state index is 12.9. The first-order chi connectivity index (χ1) is 21.4. The Morgan fingerprint density at radius 3 is 2.91 bits per heavy atom. The van der Waals surface area contributed by atoms with Gasteiger partial charge in [-0.1, -0.05) is 6.08 Å². The van der Waals surface area contributed by atoms with Gasteiger partial charge in [0.05, 0.1) is 11.6 Å². The molecular weight excluding hydrogens is 560 g/mol. The van der Waals surface area contributed by atoms with E-state index in [9.17, 15) is 4.79 Å². The molecule has 2 aliphatic rings.